The molecule has 176 valence electrons. The number of carbonyl (C=O) groups excluding carboxylic acids is 1. The highest BCUT2D eigenvalue weighted by Gasteiger charge is 2.14. The van der Waals surface area contributed by atoms with Gasteiger partial charge in [-0.15, -0.1) is 24.0 Å². The number of amides is 1. The smallest absolute Gasteiger partial charge is 0.253 e. The van der Waals surface area contributed by atoms with Crippen molar-refractivity contribution in [2.24, 2.45) is 4.99 Å². The minimum Gasteiger partial charge on any atom is -0.356 e. The Morgan fingerprint density at radius 2 is 1.74 bits per heavy atom. The molecule has 1 saturated heterocycles. The number of aliphatic imine (C=N–C) groups is 1. The van der Waals surface area contributed by atoms with Gasteiger partial charge in [0, 0.05) is 66.0 Å². The number of benzene rings is 1. The standard InChI is InChI=1S/C23H40N6O.HI/c1-5-28-15-17-29(18-16-28)14-7-6-12-25-23(24-2)26-13-11-20-9-8-10-21(19-20)22(30)27(3)4;/h8-10,19H,5-7,11-18H2,1-4H3,(H2,24,25,26);1H. The van der Waals surface area contributed by atoms with Gasteiger partial charge >= 0.3 is 0 Å². The van der Waals surface area contributed by atoms with Gasteiger partial charge < -0.3 is 25.3 Å². The largest absolute Gasteiger partial charge is 0.356 e. The van der Waals surface area contributed by atoms with Crippen LogP contribution in [0.2, 0.25) is 0 Å². The number of likely N-dealkylation sites (N-methyl/N-ethyl adjacent to an activating group) is 1. The minimum atomic E-state index is 0. The van der Waals surface area contributed by atoms with Crippen LogP contribution < -0.4 is 10.6 Å². The second-order valence-electron chi connectivity index (χ2n) is 8.06. The topological polar surface area (TPSA) is 63.2 Å². The maximum atomic E-state index is 12.1. The normalized spacial score (nSPS) is 15.3. The van der Waals surface area contributed by atoms with Crippen molar-refractivity contribution in [3.63, 3.8) is 0 Å². The van der Waals surface area contributed by atoms with E-state index in [4.69, 9.17) is 0 Å². The van der Waals surface area contributed by atoms with E-state index in [1.165, 1.54) is 45.7 Å². The van der Waals surface area contributed by atoms with Crippen molar-refractivity contribution in [3.8, 4) is 0 Å². The summed E-state index contributed by atoms with van der Waals surface area (Å²) in [7, 11) is 5.36. The van der Waals surface area contributed by atoms with Crippen LogP contribution >= 0.6 is 24.0 Å². The Labute approximate surface area is 205 Å². The maximum Gasteiger partial charge on any atom is 0.253 e. The molecule has 0 aromatic heterocycles. The Balaban J connectivity index is 0.00000480. The fourth-order valence-corrected chi connectivity index (χ4v) is 3.66. The van der Waals surface area contributed by atoms with Gasteiger partial charge in [0.05, 0.1) is 0 Å². The number of guanidine groups is 1. The molecule has 1 fully saturated rings. The molecule has 0 bridgehead atoms. The van der Waals surface area contributed by atoms with Gasteiger partial charge in [-0.3, -0.25) is 9.79 Å². The Hall–Kier alpha value is -1.39. The fraction of sp³-hybridized carbons (Fsp3) is 0.652. The summed E-state index contributed by atoms with van der Waals surface area (Å²) in [5.74, 6) is 0.876. The monoisotopic (exact) mass is 544 g/mol. The highest BCUT2D eigenvalue weighted by Crippen LogP contribution is 2.08. The van der Waals surface area contributed by atoms with Crippen LogP contribution in [0.3, 0.4) is 0 Å². The fourth-order valence-electron chi connectivity index (χ4n) is 3.66. The van der Waals surface area contributed by atoms with Gasteiger partial charge in [0.25, 0.3) is 5.91 Å². The molecule has 1 aliphatic rings. The van der Waals surface area contributed by atoms with E-state index in [0.717, 1.165) is 43.0 Å². The van der Waals surface area contributed by atoms with Crippen LogP contribution in [0.4, 0.5) is 0 Å². The lowest BCUT2D eigenvalue weighted by Gasteiger charge is -2.34. The molecule has 7 nitrogen and oxygen atoms in total. The van der Waals surface area contributed by atoms with Crippen LogP contribution in [-0.2, 0) is 6.42 Å². The predicted octanol–water partition coefficient (Wildman–Crippen LogP) is 2.13. The first kappa shape index (κ1) is 27.6. The summed E-state index contributed by atoms with van der Waals surface area (Å²) in [6.07, 6.45) is 3.20. The van der Waals surface area contributed by atoms with Crippen LogP contribution in [-0.4, -0.2) is 100 Å². The van der Waals surface area contributed by atoms with Crippen LogP contribution in [0.5, 0.6) is 0 Å². The second kappa shape index (κ2) is 15.4. The van der Waals surface area contributed by atoms with Crippen molar-refractivity contribution >= 4 is 35.8 Å². The summed E-state index contributed by atoms with van der Waals surface area (Å²) < 4.78 is 0. The lowest BCUT2D eigenvalue weighted by Crippen LogP contribution is -2.46. The summed E-state index contributed by atoms with van der Waals surface area (Å²) in [6, 6.07) is 7.84. The molecular weight excluding hydrogens is 503 g/mol. The van der Waals surface area contributed by atoms with Crippen molar-refractivity contribution in [2.75, 3.05) is 73.5 Å². The van der Waals surface area contributed by atoms with Crippen molar-refractivity contribution in [3.05, 3.63) is 35.4 Å². The molecule has 0 atom stereocenters. The van der Waals surface area contributed by atoms with Crippen molar-refractivity contribution in [1.82, 2.24) is 25.3 Å². The number of carbonyl (C=O) groups is 1. The van der Waals surface area contributed by atoms with E-state index in [2.05, 4.69) is 38.4 Å². The van der Waals surface area contributed by atoms with Gasteiger partial charge in [-0.1, -0.05) is 19.1 Å². The average Bonchev–Trinajstić information content (AvgIpc) is 2.77. The predicted molar refractivity (Wildman–Crippen MR) is 141 cm³/mol. The molecule has 1 aromatic rings. The highest BCUT2D eigenvalue weighted by atomic mass is 127. The van der Waals surface area contributed by atoms with E-state index < -0.39 is 0 Å². The molecule has 31 heavy (non-hydrogen) atoms. The van der Waals surface area contributed by atoms with Crippen molar-refractivity contribution in [1.29, 1.82) is 0 Å². The SMILES string of the molecule is CCN1CCN(CCCCNC(=NC)NCCc2cccc(C(=O)N(C)C)c2)CC1.I. The number of hydrogen-bond acceptors (Lipinski definition) is 4. The molecule has 1 heterocycles. The Morgan fingerprint density at radius 3 is 2.39 bits per heavy atom. The zero-order chi connectivity index (χ0) is 21.8. The first-order valence-corrected chi connectivity index (χ1v) is 11.2. The molecule has 0 spiro atoms. The van der Waals surface area contributed by atoms with E-state index in [1.807, 2.05) is 18.2 Å². The zero-order valence-electron chi connectivity index (χ0n) is 19.7. The summed E-state index contributed by atoms with van der Waals surface area (Å²) in [4.78, 5) is 23.1. The number of unbranched alkanes of at least 4 members (excludes halogenated alkanes) is 1. The minimum absolute atomic E-state index is 0. The van der Waals surface area contributed by atoms with E-state index >= 15 is 0 Å². The summed E-state index contributed by atoms with van der Waals surface area (Å²) in [5.41, 5.74) is 1.88. The molecule has 0 radical (unpaired) electrons. The molecule has 1 aromatic carbocycles. The summed E-state index contributed by atoms with van der Waals surface area (Å²) in [6.45, 7) is 11.1. The van der Waals surface area contributed by atoms with E-state index in [1.54, 1.807) is 26.0 Å². The first-order valence-electron chi connectivity index (χ1n) is 11.2. The molecule has 1 amide bonds. The molecule has 2 rings (SSSR count). The van der Waals surface area contributed by atoms with Gasteiger partial charge in [-0.05, 0) is 50.0 Å². The number of halogens is 1. The molecule has 8 heteroatoms. The summed E-state index contributed by atoms with van der Waals surface area (Å²) >= 11 is 0. The Kier molecular flexibility index (Phi) is 13.7. The Bertz CT molecular complexity index is 674. The quantitative estimate of drug-likeness (QED) is 0.205. The Morgan fingerprint density at radius 1 is 1.06 bits per heavy atom. The number of hydrogen-bond donors (Lipinski definition) is 2. The summed E-state index contributed by atoms with van der Waals surface area (Å²) in [5, 5.41) is 6.77. The molecule has 0 unspecified atom stereocenters. The van der Waals surface area contributed by atoms with E-state index in [0.29, 0.717) is 0 Å². The lowest BCUT2D eigenvalue weighted by atomic mass is 10.1. The van der Waals surface area contributed by atoms with Crippen LogP contribution in [0, 0.1) is 0 Å². The zero-order valence-corrected chi connectivity index (χ0v) is 22.0. The van der Waals surface area contributed by atoms with Gasteiger partial charge in [0.2, 0.25) is 0 Å². The molecule has 0 saturated carbocycles. The average molecular weight is 545 g/mol. The molecule has 1 aliphatic heterocycles. The van der Waals surface area contributed by atoms with Gasteiger partial charge in [-0.25, -0.2) is 0 Å². The number of nitrogens with one attached hydrogen (secondary N) is 2. The van der Waals surface area contributed by atoms with Crippen LogP contribution in [0.25, 0.3) is 0 Å². The van der Waals surface area contributed by atoms with Gasteiger partial charge in [0.1, 0.15) is 0 Å². The van der Waals surface area contributed by atoms with Crippen molar-refractivity contribution < 1.29 is 4.79 Å². The van der Waals surface area contributed by atoms with Crippen LogP contribution in [0.1, 0.15) is 35.7 Å². The number of rotatable bonds is 10. The van der Waals surface area contributed by atoms with Gasteiger partial charge in [0.15, 0.2) is 5.96 Å². The molecular formula is C23H41IN6O. The van der Waals surface area contributed by atoms with E-state index in [9.17, 15) is 4.79 Å². The molecule has 0 aliphatic carbocycles. The third kappa shape index (κ3) is 10.2. The van der Waals surface area contributed by atoms with E-state index in [-0.39, 0.29) is 29.9 Å². The van der Waals surface area contributed by atoms with Gasteiger partial charge in [-0.2, -0.15) is 0 Å². The van der Waals surface area contributed by atoms with Crippen molar-refractivity contribution in [2.45, 2.75) is 26.2 Å². The lowest BCUT2D eigenvalue weighted by molar-refractivity contribution is 0.0827. The first-order chi connectivity index (χ1) is 14.5. The second-order valence-corrected chi connectivity index (χ2v) is 8.06. The third-order valence-corrected chi connectivity index (χ3v) is 5.62. The highest BCUT2D eigenvalue weighted by molar-refractivity contribution is 14.0. The number of nitrogens with zero attached hydrogens (tertiary/aromatic N) is 4. The van der Waals surface area contributed by atoms with Crippen LogP contribution in [0.15, 0.2) is 29.3 Å². The number of piperazine rings is 1. The maximum absolute atomic E-state index is 12.1. The molecule has 2 N–H and O–H groups in total. The third-order valence-electron chi connectivity index (χ3n) is 5.62.